The molecule has 0 heterocycles. The number of hydrogen-bond acceptors (Lipinski definition) is 2. The molecule has 0 aromatic heterocycles. The van der Waals surface area contributed by atoms with Crippen molar-refractivity contribution in [2.24, 2.45) is 5.73 Å². The van der Waals surface area contributed by atoms with Crippen molar-refractivity contribution in [2.45, 2.75) is 52.0 Å². The van der Waals surface area contributed by atoms with Crippen LogP contribution in [-0.2, 0) is 4.79 Å². The van der Waals surface area contributed by atoms with Crippen molar-refractivity contribution in [3.05, 3.63) is 29.8 Å². The lowest BCUT2D eigenvalue weighted by atomic mass is 10.1. The van der Waals surface area contributed by atoms with E-state index in [-0.39, 0.29) is 11.9 Å². The van der Waals surface area contributed by atoms with Crippen LogP contribution in [0.1, 0.15) is 57.6 Å². The normalized spacial score (nSPS) is 12.2. The first-order valence-corrected chi connectivity index (χ1v) is 6.79. The van der Waals surface area contributed by atoms with E-state index in [9.17, 15) is 4.79 Å². The first kappa shape index (κ1) is 14.7. The highest BCUT2D eigenvalue weighted by Gasteiger charge is 2.04. The number of hydrogen-bond donors (Lipinski definition) is 2. The van der Waals surface area contributed by atoms with Crippen LogP contribution < -0.4 is 11.1 Å². The van der Waals surface area contributed by atoms with Crippen molar-refractivity contribution in [1.82, 2.24) is 0 Å². The molecule has 0 saturated heterocycles. The number of nitrogens with two attached hydrogens (primary N) is 1. The van der Waals surface area contributed by atoms with Crippen molar-refractivity contribution < 1.29 is 4.79 Å². The van der Waals surface area contributed by atoms with Crippen molar-refractivity contribution in [3.8, 4) is 0 Å². The van der Waals surface area contributed by atoms with E-state index >= 15 is 0 Å². The number of carbonyl (C=O) groups excluding carboxylic acids is 1. The second kappa shape index (κ2) is 7.88. The van der Waals surface area contributed by atoms with Crippen LogP contribution in [0.15, 0.2) is 24.3 Å². The third kappa shape index (κ3) is 5.32. The van der Waals surface area contributed by atoms with E-state index in [0.29, 0.717) is 6.42 Å². The maximum Gasteiger partial charge on any atom is 0.224 e. The van der Waals surface area contributed by atoms with Crippen LogP contribution in [0.25, 0.3) is 0 Å². The lowest BCUT2D eigenvalue weighted by Gasteiger charge is -2.09. The van der Waals surface area contributed by atoms with Gasteiger partial charge < -0.3 is 11.1 Å². The number of carbonyl (C=O) groups is 1. The van der Waals surface area contributed by atoms with Gasteiger partial charge >= 0.3 is 0 Å². The predicted molar refractivity (Wildman–Crippen MR) is 76.4 cm³/mol. The summed E-state index contributed by atoms with van der Waals surface area (Å²) in [6, 6.07) is 7.73. The third-order valence-corrected chi connectivity index (χ3v) is 2.95. The molecule has 1 aromatic rings. The summed E-state index contributed by atoms with van der Waals surface area (Å²) in [5, 5.41) is 2.92. The average Bonchev–Trinajstić information content (AvgIpc) is 2.35. The van der Waals surface area contributed by atoms with E-state index in [1.165, 1.54) is 12.8 Å². The van der Waals surface area contributed by atoms with Gasteiger partial charge in [-0.25, -0.2) is 0 Å². The van der Waals surface area contributed by atoms with Crippen molar-refractivity contribution in [3.63, 3.8) is 0 Å². The molecule has 3 N–H and O–H groups in total. The van der Waals surface area contributed by atoms with Crippen LogP contribution in [0.2, 0.25) is 0 Å². The van der Waals surface area contributed by atoms with Crippen LogP contribution >= 0.6 is 0 Å². The number of anilines is 1. The molecule has 3 heteroatoms. The highest BCUT2D eigenvalue weighted by molar-refractivity contribution is 5.90. The minimum atomic E-state index is -0.00796. The highest BCUT2D eigenvalue weighted by atomic mass is 16.1. The van der Waals surface area contributed by atoms with E-state index in [1.807, 2.05) is 31.2 Å². The number of unbranched alkanes of at least 4 members (excludes halogenated alkanes) is 3. The average molecular weight is 248 g/mol. The molecular formula is C15H24N2O. The standard InChI is InChI=1S/C15H24N2O/c1-3-4-5-6-10-15(18)17-14-9-7-8-13(11-14)12(2)16/h7-9,11-12H,3-6,10,16H2,1-2H3,(H,17,18). The molecule has 1 rings (SSSR count). The Hall–Kier alpha value is -1.35. The van der Waals surface area contributed by atoms with E-state index in [0.717, 1.165) is 24.1 Å². The van der Waals surface area contributed by atoms with E-state index < -0.39 is 0 Å². The second-order valence-electron chi connectivity index (χ2n) is 4.77. The first-order valence-electron chi connectivity index (χ1n) is 6.79. The molecule has 1 aromatic carbocycles. The van der Waals surface area contributed by atoms with Crippen LogP contribution in [0.5, 0.6) is 0 Å². The second-order valence-corrected chi connectivity index (χ2v) is 4.77. The molecule has 0 aliphatic carbocycles. The zero-order valence-corrected chi connectivity index (χ0v) is 11.4. The third-order valence-electron chi connectivity index (χ3n) is 2.95. The molecule has 1 amide bonds. The molecule has 0 bridgehead atoms. The largest absolute Gasteiger partial charge is 0.326 e. The lowest BCUT2D eigenvalue weighted by molar-refractivity contribution is -0.116. The van der Waals surface area contributed by atoms with Crippen molar-refractivity contribution in [1.29, 1.82) is 0 Å². The zero-order chi connectivity index (χ0) is 13.4. The van der Waals surface area contributed by atoms with E-state index in [4.69, 9.17) is 5.73 Å². The zero-order valence-electron chi connectivity index (χ0n) is 11.4. The predicted octanol–water partition coefficient (Wildman–Crippen LogP) is 3.62. The Morgan fingerprint density at radius 3 is 2.78 bits per heavy atom. The molecule has 1 unspecified atom stereocenters. The summed E-state index contributed by atoms with van der Waals surface area (Å²) in [5.41, 5.74) is 7.69. The molecule has 3 nitrogen and oxygen atoms in total. The molecule has 0 radical (unpaired) electrons. The number of benzene rings is 1. The molecule has 18 heavy (non-hydrogen) atoms. The van der Waals surface area contributed by atoms with Crippen molar-refractivity contribution >= 4 is 11.6 Å². The minimum Gasteiger partial charge on any atom is -0.326 e. The molecule has 100 valence electrons. The summed E-state index contributed by atoms with van der Waals surface area (Å²) >= 11 is 0. The van der Waals surface area contributed by atoms with Crippen LogP contribution in [0, 0.1) is 0 Å². The van der Waals surface area contributed by atoms with Gasteiger partial charge in [-0.15, -0.1) is 0 Å². The quantitative estimate of drug-likeness (QED) is 0.724. The Labute approximate surface area is 110 Å². The van der Waals surface area contributed by atoms with E-state index in [2.05, 4.69) is 12.2 Å². The van der Waals surface area contributed by atoms with Gasteiger partial charge in [0.15, 0.2) is 0 Å². The molecule has 0 fully saturated rings. The number of amides is 1. The summed E-state index contributed by atoms with van der Waals surface area (Å²) in [6.45, 7) is 4.10. The van der Waals surface area contributed by atoms with Gasteiger partial charge in [0, 0.05) is 18.2 Å². The highest BCUT2D eigenvalue weighted by Crippen LogP contribution is 2.16. The summed E-state index contributed by atoms with van der Waals surface area (Å²) < 4.78 is 0. The Balaban J connectivity index is 2.41. The SMILES string of the molecule is CCCCCCC(=O)Nc1cccc(C(C)N)c1. The maximum absolute atomic E-state index is 11.7. The van der Waals surface area contributed by atoms with Crippen LogP contribution in [0.4, 0.5) is 5.69 Å². The minimum absolute atomic E-state index is 0.00796. The van der Waals surface area contributed by atoms with Gasteiger partial charge in [-0.3, -0.25) is 4.79 Å². The number of rotatable bonds is 7. The monoisotopic (exact) mass is 248 g/mol. The summed E-state index contributed by atoms with van der Waals surface area (Å²) in [7, 11) is 0. The number of nitrogens with one attached hydrogen (secondary N) is 1. The smallest absolute Gasteiger partial charge is 0.224 e. The Bertz CT molecular complexity index is 375. The van der Waals surface area contributed by atoms with Gasteiger partial charge in [0.1, 0.15) is 0 Å². The fraction of sp³-hybridized carbons (Fsp3) is 0.533. The first-order chi connectivity index (χ1) is 8.63. The Morgan fingerprint density at radius 2 is 2.11 bits per heavy atom. The lowest BCUT2D eigenvalue weighted by Crippen LogP contribution is -2.12. The van der Waals surface area contributed by atoms with Gasteiger partial charge in [0.2, 0.25) is 5.91 Å². The van der Waals surface area contributed by atoms with Gasteiger partial charge in [-0.05, 0) is 31.0 Å². The van der Waals surface area contributed by atoms with Gasteiger partial charge in [0.05, 0.1) is 0 Å². The fourth-order valence-electron chi connectivity index (χ4n) is 1.84. The molecule has 0 saturated carbocycles. The Kier molecular flexibility index (Phi) is 6.44. The van der Waals surface area contributed by atoms with Crippen LogP contribution in [0.3, 0.4) is 0 Å². The van der Waals surface area contributed by atoms with Gasteiger partial charge in [-0.2, -0.15) is 0 Å². The fourth-order valence-corrected chi connectivity index (χ4v) is 1.84. The topological polar surface area (TPSA) is 55.1 Å². The van der Waals surface area contributed by atoms with Crippen LogP contribution in [-0.4, -0.2) is 5.91 Å². The molecule has 0 aliphatic rings. The van der Waals surface area contributed by atoms with Crippen molar-refractivity contribution in [2.75, 3.05) is 5.32 Å². The molecular weight excluding hydrogens is 224 g/mol. The molecule has 1 atom stereocenters. The maximum atomic E-state index is 11.7. The summed E-state index contributed by atoms with van der Waals surface area (Å²) in [6.07, 6.45) is 5.09. The van der Waals surface area contributed by atoms with Gasteiger partial charge in [0.25, 0.3) is 0 Å². The van der Waals surface area contributed by atoms with E-state index in [1.54, 1.807) is 0 Å². The molecule has 0 spiro atoms. The molecule has 0 aliphatic heterocycles. The summed E-state index contributed by atoms with van der Waals surface area (Å²) in [4.78, 5) is 11.7. The summed E-state index contributed by atoms with van der Waals surface area (Å²) in [5.74, 6) is 0.0907. The van der Waals surface area contributed by atoms with Gasteiger partial charge in [-0.1, -0.05) is 38.3 Å². The Morgan fingerprint density at radius 1 is 1.33 bits per heavy atom.